The Balaban J connectivity index is 1.60. The minimum absolute atomic E-state index is 0.0442. The van der Waals surface area contributed by atoms with Gasteiger partial charge in [0, 0.05) is 31.3 Å². The molecule has 0 unspecified atom stereocenters. The highest BCUT2D eigenvalue weighted by molar-refractivity contribution is 6.02. The van der Waals surface area contributed by atoms with Crippen LogP contribution in [-0.4, -0.2) is 59.9 Å². The lowest BCUT2D eigenvalue weighted by Gasteiger charge is -2.35. The first-order valence-corrected chi connectivity index (χ1v) is 12.5. The number of carbonyl (C=O) groups excluding carboxylic acids is 1. The molecule has 0 saturated heterocycles. The van der Waals surface area contributed by atoms with E-state index in [0.29, 0.717) is 24.8 Å². The van der Waals surface area contributed by atoms with Crippen LogP contribution in [0.25, 0.3) is 0 Å². The first-order valence-electron chi connectivity index (χ1n) is 12.5. The van der Waals surface area contributed by atoms with Crippen LogP contribution in [0.15, 0.2) is 30.3 Å². The van der Waals surface area contributed by atoms with Crippen LogP contribution in [0.3, 0.4) is 0 Å². The van der Waals surface area contributed by atoms with Gasteiger partial charge in [-0.3, -0.25) is 4.79 Å². The van der Waals surface area contributed by atoms with E-state index in [1.54, 1.807) is 4.90 Å². The van der Waals surface area contributed by atoms with Gasteiger partial charge in [-0.1, -0.05) is 25.8 Å². The monoisotopic (exact) mass is 548 g/mol. The number of nitrogens with zero attached hydrogens (tertiary/aromatic N) is 1. The summed E-state index contributed by atoms with van der Waals surface area (Å²) >= 11 is 0. The highest BCUT2D eigenvalue weighted by atomic mass is 19.3. The van der Waals surface area contributed by atoms with Gasteiger partial charge in [0.15, 0.2) is 11.5 Å². The third-order valence-electron chi connectivity index (χ3n) is 7.02. The van der Waals surface area contributed by atoms with E-state index in [9.17, 15) is 28.9 Å². The van der Waals surface area contributed by atoms with Crippen molar-refractivity contribution in [1.29, 1.82) is 0 Å². The average Bonchev–Trinajstić information content (AvgIpc) is 3.61. The van der Waals surface area contributed by atoms with Crippen LogP contribution in [0, 0.1) is 23.6 Å². The van der Waals surface area contributed by atoms with Crippen LogP contribution in [-0.2, 0) is 10.2 Å². The molecule has 2 aromatic rings. The molecule has 4 N–H and O–H groups in total. The second-order valence-electron chi connectivity index (χ2n) is 10.7. The number of rotatable bonds is 11. The van der Waals surface area contributed by atoms with Crippen molar-refractivity contribution >= 4 is 17.3 Å². The Morgan fingerprint density at radius 1 is 1.21 bits per heavy atom. The van der Waals surface area contributed by atoms with Gasteiger partial charge < -0.3 is 35.0 Å². The van der Waals surface area contributed by atoms with Crippen LogP contribution in [0.1, 0.15) is 44.2 Å². The van der Waals surface area contributed by atoms with Gasteiger partial charge in [0.2, 0.25) is 5.91 Å². The smallest absolute Gasteiger partial charge is 0.396 e. The van der Waals surface area contributed by atoms with Gasteiger partial charge in [-0.05, 0) is 48.4 Å². The van der Waals surface area contributed by atoms with Crippen molar-refractivity contribution in [2.24, 2.45) is 5.41 Å². The molecule has 1 aliphatic carbocycles. The predicted octanol–water partition coefficient (Wildman–Crippen LogP) is 3.37. The first kappa shape index (κ1) is 28.5. The van der Waals surface area contributed by atoms with Crippen molar-refractivity contribution in [2.45, 2.75) is 50.9 Å². The fraction of sp³-hybridized carbons (Fsp3) is 0.464. The highest BCUT2D eigenvalue weighted by Crippen LogP contribution is 2.52. The van der Waals surface area contributed by atoms with Crippen LogP contribution in [0.4, 0.5) is 24.5 Å². The second-order valence-corrected chi connectivity index (χ2v) is 10.7. The molecule has 1 aliphatic heterocycles. The molecule has 39 heavy (non-hydrogen) atoms. The van der Waals surface area contributed by atoms with Gasteiger partial charge in [0.1, 0.15) is 5.82 Å². The molecule has 0 spiro atoms. The highest BCUT2D eigenvalue weighted by Gasteiger charge is 2.53. The van der Waals surface area contributed by atoms with Crippen molar-refractivity contribution < 1.29 is 42.8 Å². The topological polar surface area (TPSA) is 111 Å². The van der Waals surface area contributed by atoms with Gasteiger partial charge in [-0.2, -0.15) is 0 Å². The fourth-order valence-electron chi connectivity index (χ4n) is 4.75. The molecule has 0 aromatic heterocycles. The third-order valence-corrected chi connectivity index (χ3v) is 7.02. The van der Waals surface area contributed by atoms with E-state index in [-0.39, 0.29) is 48.1 Å². The van der Waals surface area contributed by atoms with Crippen molar-refractivity contribution in [2.75, 3.05) is 36.5 Å². The van der Waals surface area contributed by atoms with Crippen molar-refractivity contribution in [1.82, 2.24) is 0 Å². The van der Waals surface area contributed by atoms with Crippen LogP contribution in [0.5, 0.6) is 11.5 Å². The lowest BCUT2D eigenvalue weighted by atomic mass is 9.88. The zero-order chi connectivity index (χ0) is 28.6. The van der Waals surface area contributed by atoms with E-state index in [0.717, 1.165) is 6.07 Å². The van der Waals surface area contributed by atoms with E-state index in [2.05, 4.69) is 20.7 Å². The molecule has 2 aliphatic rings. The summed E-state index contributed by atoms with van der Waals surface area (Å²) in [4.78, 5) is 14.9. The zero-order valence-electron chi connectivity index (χ0n) is 21.6. The van der Waals surface area contributed by atoms with E-state index in [1.165, 1.54) is 24.3 Å². The number of ether oxygens (including phenoxy) is 2. The van der Waals surface area contributed by atoms with E-state index in [1.807, 2.05) is 13.8 Å². The Morgan fingerprint density at radius 2 is 1.90 bits per heavy atom. The number of anilines is 2. The number of nitrogens with one attached hydrogen (secondary N) is 1. The number of benzene rings is 2. The average molecular weight is 549 g/mol. The quantitative estimate of drug-likeness (QED) is 0.319. The molecule has 1 fully saturated rings. The van der Waals surface area contributed by atoms with Crippen LogP contribution < -0.4 is 19.7 Å². The number of carbonyl (C=O) groups is 1. The van der Waals surface area contributed by atoms with Crippen LogP contribution in [0.2, 0.25) is 0 Å². The Hall–Kier alpha value is -3.46. The minimum Gasteiger partial charge on any atom is -0.396 e. The summed E-state index contributed by atoms with van der Waals surface area (Å²) in [6.45, 7) is 3.45. The molecule has 0 bridgehead atoms. The molecule has 210 valence electrons. The van der Waals surface area contributed by atoms with E-state index in [4.69, 9.17) is 6.42 Å². The van der Waals surface area contributed by atoms with E-state index < -0.39 is 41.6 Å². The maximum absolute atomic E-state index is 15.4. The normalized spacial score (nSPS) is 17.3. The summed E-state index contributed by atoms with van der Waals surface area (Å²) in [7, 11) is 0. The number of amides is 1. The van der Waals surface area contributed by atoms with Crippen molar-refractivity contribution in [3.05, 3.63) is 47.3 Å². The summed E-state index contributed by atoms with van der Waals surface area (Å²) in [5, 5.41) is 31.5. The number of halogens is 3. The lowest BCUT2D eigenvalue weighted by Crippen LogP contribution is -2.41. The number of hydrogen-bond donors (Lipinski definition) is 4. The summed E-state index contributed by atoms with van der Waals surface area (Å²) in [6, 6.07) is 6.61. The molecule has 1 saturated carbocycles. The number of terminal acetylenes is 1. The number of fused-ring (bicyclic) bond motifs is 1. The molecule has 4 rings (SSSR count). The summed E-state index contributed by atoms with van der Waals surface area (Å²) < 4.78 is 51.2. The SMILES string of the molecule is C#Cc1cc(NC(=O)C2(c3ccc4c(c3)OC(F)(F)O4)CC2)c(F)cc1N(C[C@@H](O)CO)CC(C)(C)CCO. The number of hydrogen-bond acceptors (Lipinski definition) is 7. The number of aliphatic hydroxyl groups excluding tert-OH is 3. The molecular weight excluding hydrogens is 517 g/mol. The first-order chi connectivity index (χ1) is 18.3. The van der Waals surface area contributed by atoms with Gasteiger partial charge in [0.05, 0.1) is 29.5 Å². The molecule has 1 heterocycles. The van der Waals surface area contributed by atoms with Gasteiger partial charge >= 0.3 is 6.29 Å². The second kappa shape index (κ2) is 10.6. The Kier molecular flexibility index (Phi) is 7.76. The molecule has 0 radical (unpaired) electrons. The standard InChI is InChI=1S/C28H31F3N2O6/c1-4-17-11-21(20(29)13-22(17)33(14-19(36)15-35)16-26(2,3)9-10-34)32-25(37)27(7-8-27)18-5-6-23-24(12-18)39-28(30,31)38-23/h1,5-6,11-13,19,34-36H,7-10,14-16H2,2-3H3,(H,32,37)/t19-/m1/s1. The Morgan fingerprint density at radius 3 is 2.51 bits per heavy atom. The number of alkyl halides is 2. The number of aliphatic hydroxyl groups is 3. The molecule has 2 aromatic carbocycles. The Labute approximate surface area is 224 Å². The maximum Gasteiger partial charge on any atom is 0.586 e. The van der Waals surface area contributed by atoms with Gasteiger partial charge in [0.25, 0.3) is 0 Å². The predicted molar refractivity (Wildman–Crippen MR) is 137 cm³/mol. The molecule has 1 atom stereocenters. The van der Waals surface area contributed by atoms with E-state index >= 15 is 4.39 Å². The Bertz CT molecular complexity index is 1290. The lowest BCUT2D eigenvalue weighted by molar-refractivity contribution is -0.286. The zero-order valence-corrected chi connectivity index (χ0v) is 21.6. The summed E-state index contributed by atoms with van der Waals surface area (Å²) in [5.74, 6) is 0.864. The summed E-state index contributed by atoms with van der Waals surface area (Å²) in [6.07, 6.45) is 2.09. The minimum atomic E-state index is -3.79. The van der Waals surface area contributed by atoms with Gasteiger partial charge in [-0.15, -0.1) is 15.2 Å². The van der Waals surface area contributed by atoms with Crippen molar-refractivity contribution in [3.8, 4) is 23.8 Å². The molecule has 1 amide bonds. The molecule has 8 nitrogen and oxygen atoms in total. The molecule has 11 heteroatoms. The van der Waals surface area contributed by atoms with Gasteiger partial charge in [-0.25, -0.2) is 4.39 Å². The summed E-state index contributed by atoms with van der Waals surface area (Å²) in [5.41, 5.74) is -0.691. The third kappa shape index (κ3) is 6.08. The molecular formula is C28H31F3N2O6. The largest absolute Gasteiger partial charge is 0.586 e. The maximum atomic E-state index is 15.4. The van der Waals surface area contributed by atoms with Crippen LogP contribution >= 0.6 is 0 Å². The fourth-order valence-corrected chi connectivity index (χ4v) is 4.75. The van der Waals surface area contributed by atoms with Crippen molar-refractivity contribution in [3.63, 3.8) is 0 Å².